The highest BCUT2D eigenvalue weighted by Gasteiger charge is 2.38. The summed E-state index contributed by atoms with van der Waals surface area (Å²) in [4.78, 5) is 4.33. The van der Waals surface area contributed by atoms with Gasteiger partial charge in [-0.2, -0.15) is 0 Å². The van der Waals surface area contributed by atoms with E-state index in [2.05, 4.69) is 38.8 Å². The molecule has 3 nitrogen and oxygen atoms in total. The summed E-state index contributed by atoms with van der Waals surface area (Å²) in [5.74, 6) is 1.44. The maximum absolute atomic E-state index is 6.20. The fourth-order valence-corrected chi connectivity index (χ4v) is 2.71. The standard InChI is InChI=1S/C18H25NO2Si/c1-18(2,3)22(4,5)21-16-11-12-17(19-13-16)20-14-15-9-7-6-8-10-15/h6-13H,14H2,1-5H3. The van der Waals surface area contributed by atoms with Crippen LogP contribution in [0.2, 0.25) is 18.1 Å². The van der Waals surface area contributed by atoms with Gasteiger partial charge in [0, 0.05) is 6.07 Å². The van der Waals surface area contributed by atoms with Crippen LogP contribution in [-0.4, -0.2) is 13.3 Å². The van der Waals surface area contributed by atoms with E-state index in [1.54, 1.807) is 6.20 Å². The van der Waals surface area contributed by atoms with Crippen LogP contribution in [-0.2, 0) is 6.61 Å². The van der Waals surface area contributed by atoms with Crippen LogP contribution in [0.4, 0.5) is 0 Å². The normalized spacial score (nSPS) is 12.0. The van der Waals surface area contributed by atoms with E-state index in [1.165, 1.54) is 0 Å². The largest absolute Gasteiger partial charge is 0.542 e. The summed E-state index contributed by atoms with van der Waals surface area (Å²) in [6.45, 7) is 11.7. The van der Waals surface area contributed by atoms with Crippen molar-refractivity contribution >= 4 is 8.32 Å². The number of nitrogens with zero attached hydrogens (tertiary/aromatic N) is 1. The number of ether oxygens (including phenoxy) is 1. The van der Waals surface area contributed by atoms with Crippen molar-refractivity contribution in [2.24, 2.45) is 0 Å². The van der Waals surface area contributed by atoms with Crippen molar-refractivity contribution in [2.75, 3.05) is 0 Å². The van der Waals surface area contributed by atoms with Crippen LogP contribution in [0.1, 0.15) is 26.3 Å². The van der Waals surface area contributed by atoms with Gasteiger partial charge in [0.1, 0.15) is 12.4 Å². The van der Waals surface area contributed by atoms with E-state index in [1.807, 2.05) is 42.5 Å². The number of aromatic nitrogens is 1. The Labute approximate surface area is 134 Å². The lowest BCUT2D eigenvalue weighted by Crippen LogP contribution is -2.43. The van der Waals surface area contributed by atoms with Gasteiger partial charge in [-0.1, -0.05) is 51.1 Å². The minimum atomic E-state index is -1.82. The molecule has 0 atom stereocenters. The van der Waals surface area contributed by atoms with Gasteiger partial charge in [0.05, 0.1) is 6.20 Å². The Balaban J connectivity index is 1.96. The van der Waals surface area contributed by atoms with E-state index >= 15 is 0 Å². The van der Waals surface area contributed by atoms with E-state index in [0.29, 0.717) is 12.5 Å². The van der Waals surface area contributed by atoms with Gasteiger partial charge in [-0.3, -0.25) is 0 Å². The second kappa shape index (κ2) is 6.52. The molecule has 0 saturated heterocycles. The zero-order valence-corrected chi connectivity index (χ0v) is 15.1. The predicted octanol–water partition coefficient (Wildman–Crippen LogP) is 5.04. The number of benzene rings is 1. The summed E-state index contributed by atoms with van der Waals surface area (Å²) in [7, 11) is -1.82. The van der Waals surface area contributed by atoms with Gasteiger partial charge in [0.2, 0.25) is 5.88 Å². The van der Waals surface area contributed by atoms with Crippen molar-refractivity contribution < 1.29 is 9.16 Å². The highest BCUT2D eigenvalue weighted by Crippen LogP contribution is 2.37. The van der Waals surface area contributed by atoms with Crippen molar-refractivity contribution in [1.82, 2.24) is 4.98 Å². The molecule has 0 aliphatic rings. The average molecular weight is 315 g/mol. The third-order valence-corrected chi connectivity index (χ3v) is 8.48. The molecule has 0 unspecified atom stereocenters. The van der Waals surface area contributed by atoms with Gasteiger partial charge in [-0.05, 0) is 29.8 Å². The van der Waals surface area contributed by atoms with Gasteiger partial charge in [0.25, 0.3) is 8.32 Å². The zero-order chi connectivity index (χ0) is 16.2. The molecule has 0 fully saturated rings. The lowest BCUT2D eigenvalue weighted by molar-refractivity contribution is 0.293. The van der Waals surface area contributed by atoms with Crippen LogP contribution in [0.15, 0.2) is 48.7 Å². The number of rotatable bonds is 5. The molecule has 0 saturated carbocycles. The third-order valence-electron chi connectivity index (χ3n) is 4.12. The molecule has 4 heteroatoms. The van der Waals surface area contributed by atoms with Crippen LogP contribution in [0.3, 0.4) is 0 Å². The van der Waals surface area contributed by atoms with Crippen LogP contribution < -0.4 is 9.16 Å². The Morgan fingerprint density at radius 3 is 2.23 bits per heavy atom. The van der Waals surface area contributed by atoms with Gasteiger partial charge >= 0.3 is 0 Å². The second-order valence-electron chi connectivity index (χ2n) is 6.97. The lowest BCUT2D eigenvalue weighted by Gasteiger charge is -2.36. The predicted molar refractivity (Wildman–Crippen MR) is 92.8 cm³/mol. The Morgan fingerprint density at radius 1 is 1.00 bits per heavy atom. The molecule has 1 aromatic carbocycles. The molecular formula is C18H25NO2Si. The van der Waals surface area contributed by atoms with E-state index < -0.39 is 8.32 Å². The first-order valence-electron chi connectivity index (χ1n) is 7.60. The fourth-order valence-electron chi connectivity index (χ4n) is 1.69. The first kappa shape index (κ1) is 16.6. The molecule has 0 spiro atoms. The molecule has 0 bridgehead atoms. The summed E-state index contributed by atoms with van der Waals surface area (Å²) in [5, 5.41) is 0.176. The van der Waals surface area contributed by atoms with Crippen molar-refractivity contribution in [3.63, 3.8) is 0 Å². The van der Waals surface area contributed by atoms with E-state index in [9.17, 15) is 0 Å². The molecule has 22 heavy (non-hydrogen) atoms. The average Bonchev–Trinajstić information content (AvgIpc) is 2.46. The number of hydrogen-bond donors (Lipinski definition) is 0. The molecule has 1 aromatic heterocycles. The minimum absolute atomic E-state index is 0.176. The molecule has 2 aromatic rings. The van der Waals surface area contributed by atoms with Crippen molar-refractivity contribution in [1.29, 1.82) is 0 Å². The topological polar surface area (TPSA) is 31.4 Å². The lowest BCUT2D eigenvalue weighted by atomic mass is 10.2. The summed E-state index contributed by atoms with van der Waals surface area (Å²) < 4.78 is 11.9. The first-order valence-corrected chi connectivity index (χ1v) is 10.5. The van der Waals surface area contributed by atoms with Crippen LogP contribution in [0.25, 0.3) is 0 Å². The van der Waals surface area contributed by atoms with Gasteiger partial charge in [-0.15, -0.1) is 0 Å². The molecule has 0 aliphatic heterocycles. The van der Waals surface area contributed by atoms with Crippen LogP contribution >= 0.6 is 0 Å². The van der Waals surface area contributed by atoms with Crippen molar-refractivity contribution in [3.05, 3.63) is 54.2 Å². The monoisotopic (exact) mass is 315 g/mol. The minimum Gasteiger partial charge on any atom is -0.542 e. The molecule has 0 aliphatic carbocycles. The van der Waals surface area contributed by atoms with E-state index in [0.717, 1.165) is 11.3 Å². The van der Waals surface area contributed by atoms with Gasteiger partial charge in [-0.25, -0.2) is 4.98 Å². The van der Waals surface area contributed by atoms with Gasteiger partial charge < -0.3 is 9.16 Å². The zero-order valence-electron chi connectivity index (χ0n) is 14.1. The molecule has 0 N–H and O–H groups in total. The summed E-state index contributed by atoms with van der Waals surface area (Å²) in [6.07, 6.45) is 1.75. The molecule has 0 radical (unpaired) electrons. The highest BCUT2D eigenvalue weighted by atomic mass is 28.4. The Hall–Kier alpha value is -1.81. The highest BCUT2D eigenvalue weighted by molar-refractivity contribution is 6.74. The smallest absolute Gasteiger partial charge is 0.250 e. The van der Waals surface area contributed by atoms with E-state index in [-0.39, 0.29) is 5.04 Å². The summed E-state index contributed by atoms with van der Waals surface area (Å²) >= 11 is 0. The van der Waals surface area contributed by atoms with Crippen molar-refractivity contribution in [3.8, 4) is 11.6 Å². The maximum Gasteiger partial charge on any atom is 0.250 e. The fraction of sp³-hybridized carbons (Fsp3) is 0.389. The Morgan fingerprint density at radius 2 is 1.68 bits per heavy atom. The van der Waals surface area contributed by atoms with Crippen molar-refractivity contribution in [2.45, 2.75) is 45.5 Å². The summed E-state index contributed by atoms with van der Waals surface area (Å²) in [5.41, 5.74) is 1.13. The Bertz CT molecular complexity index is 589. The van der Waals surface area contributed by atoms with Crippen LogP contribution in [0.5, 0.6) is 11.6 Å². The molecular weight excluding hydrogens is 290 g/mol. The third kappa shape index (κ3) is 4.34. The van der Waals surface area contributed by atoms with E-state index in [4.69, 9.17) is 9.16 Å². The number of hydrogen-bond acceptors (Lipinski definition) is 3. The SMILES string of the molecule is CC(C)(C)[Si](C)(C)Oc1ccc(OCc2ccccc2)nc1. The summed E-state index contributed by atoms with van der Waals surface area (Å²) in [6, 6.07) is 13.9. The Kier molecular flexibility index (Phi) is 4.91. The van der Waals surface area contributed by atoms with Gasteiger partial charge in [0.15, 0.2) is 0 Å². The molecule has 2 rings (SSSR count). The first-order chi connectivity index (χ1) is 10.3. The maximum atomic E-state index is 6.20. The number of pyridine rings is 1. The van der Waals surface area contributed by atoms with Crippen LogP contribution in [0, 0.1) is 0 Å². The molecule has 0 amide bonds. The second-order valence-corrected chi connectivity index (χ2v) is 11.7. The molecule has 1 heterocycles. The quantitative estimate of drug-likeness (QED) is 0.724. The molecule has 118 valence electrons.